The van der Waals surface area contributed by atoms with Gasteiger partial charge >= 0.3 is 0 Å². The molecule has 10 heteroatoms. The number of hydrogen-bond acceptors (Lipinski definition) is 5. The van der Waals surface area contributed by atoms with Gasteiger partial charge in [-0.05, 0) is 130 Å². The number of benzene rings is 5. The summed E-state index contributed by atoms with van der Waals surface area (Å²) in [6, 6.07) is 31.2. The molecular weight excluding hydrogens is 721 g/mol. The topological polar surface area (TPSA) is 138 Å². The number of H-pyrrole nitrogens is 1. The Bertz CT molecular complexity index is 2780. The Hall–Kier alpha value is -5.71. The van der Waals surface area contributed by atoms with Crippen LogP contribution < -0.4 is 11.1 Å². The Morgan fingerprint density at radius 2 is 1.66 bits per heavy atom. The van der Waals surface area contributed by atoms with Crippen LogP contribution in [-0.2, 0) is 29.4 Å². The first kappa shape index (κ1) is 36.0. The first-order chi connectivity index (χ1) is 27.2. The largest absolute Gasteiger partial charge is 0.459 e. The number of aromatic nitrogens is 1. The lowest BCUT2D eigenvalue weighted by Gasteiger charge is -2.31. The van der Waals surface area contributed by atoms with E-state index in [4.69, 9.17) is 10.2 Å². The van der Waals surface area contributed by atoms with Crippen LogP contribution in [0.3, 0.4) is 0 Å². The van der Waals surface area contributed by atoms with Gasteiger partial charge in [-0.15, -0.1) is 0 Å². The van der Waals surface area contributed by atoms with Gasteiger partial charge in [-0.1, -0.05) is 66.7 Å². The average molecular weight is 765 g/mol. The fourth-order valence-corrected chi connectivity index (χ4v) is 10.3. The van der Waals surface area contributed by atoms with E-state index >= 15 is 0 Å². The zero-order valence-electron chi connectivity index (χ0n) is 31.3. The predicted molar refractivity (Wildman–Crippen MR) is 221 cm³/mol. The van der Waals surface area contributed by atoms with Gasteiger partial charge in [-0.2, -0.15) is 0 Å². The Balaban J connectivity index is 0.933. The van der Waals surface area contributed by atoms with Crippen molar-refractivity contribution >= 4 is 54.3 Å². The number of aromatic amines is 1. The third kappa shape index (κ3) is 6.46. The molecule has 7 aromatic rings. The van der Waals surface area contributed by atoms with Crippen LogP contribution >= 0.6 is 0 Å². The van der Waals surface area contributed by atoms with Gasteiger partial charge < -0.3 is 20.5 Å². The zero-order valence-corrected chi connectivity index (χ0v) is 32.1. The van der Waals surface area contributed by atoms with E-state index in [1.165, 1.54) is 32.7 Å². The number of hydrogen-bond donors (Lipinski definition) is 3. The molecule has 9 nitrogen and oxygen atoms in total. The molecule has 3 heterocycles. The minimum absolute atomic E-state index is 0.0918. The van der Waals surface area contributed by atoms with Gasteiger partial charge in [-0.3, -0.25) is 9.59 Å². The molecule has 2 aromatic heterocycles. The van der Waals surface area contributed by atoms with Crippen molar-refractivity contribution in [1.82, 2.24) is 14.6 Å². The second-order valence-electron chi connectivity index (χ2n) is 15.2. The van der Waals surface area contributed by atoms with Crippen LogP contribution in [0.5, 0.6) is 0 Å². The molecule has 1 fully saturated rings. The molecule has 1 saturated heterocycles. The van der Waals surface area contributed by atoms with Crippen molar-refractivity contribution in [1.29, 1.82) is 0 Å². The van der Waals surface area contributed by atoms with E-state index in [0.717, 1.165) is 52.5 Å². The molecule has 5 aromatic carbocycles. The number of carbonyl (C=O) groups excluding carboxylic acids is 2. The van der Waals surface area contributed by atoms with Crippen LogP contribution in [0.4, 0.5) is 0 Å². The second-order valence-corrected chi connectivity index (χ2v) is 17.5. The molecule has 9 rings (SSSR count). The summed E-state index contributed by atoms with van der Waals surface area (Å²) in [6.07, 6.45) is 7.66. The van der Waals surface area contributed by atoms with Crippen LogP contribution in [0.15, 0.2) is 108 Å². The third-order valence-electron chi connectivity index (χ3n) is 12.1. The molecule has 1 aliphatic carbocycles. The summed E-state index contributed by atoms with van der Waals surface area (Å²) >= 11 is 0. The van der Waals surface area contributed by atoms with E-state index in [0.29, 0.717) is 42.8 Å². The molecule has 1 atom stereocenters. The Morgan fingerprint density at radius 3 is 2.48 bits per heavy atom. The summed E-state index contributed by atoms with van der Waals surface area (Å²) in [7, 11) is -3.24. The minimum Gasteiger partial charge on any atom is -0.459 e. The van der Waals surface area contributed by atoms with Crippen molar-refractivity contribution in [2.75, 3.05) is 18.8 Å². The number of aryl methyl sites for hydroxylation is 1. The van der Waals surface area contributed by atoms with Crippen molar-refractivity contribution in [2.45, 2.75) is 57.4 Å². The molecule has 1 aliphatic heterocycles. The highest BCUT2D eigenvalue weighted by Gasteiger charge is 2.30. The van der Waals surface area contributed by atoms with Gasteiger partial charge in [0.15, 0.2) is 5.76 Å². The molecule has 284 valence electrons. The van der Waals surface area contributed by atoms with Crippen LogP contribution in [-0.4, -0.2) is 48.4 Å². The predicted octanol–water partition coefficient (Wildman–Crippen LogP) is 8.56. The van der Waals surface area contributed by atoms with E-state index in [9.17, 15) is 18.0 Å². The van der Waals surface area contributed by atoms with Crippen LogP contribution in [0.2, 0.25) is 0 Å². The smallest absolute Gasteiger partial charge is 0.287 e. The van der Waals surface area contributed by atoms with Gasteiger partial charge in [0.1, 0.15) is 0 Å². The SMILES string of the molecule is CCS(=O)(=O)N1CCC(c2c[nH]c3c(C(N)=O)cc(-c4cccc(CNC(=O)c5occc5C5CCc6ccc7c(ccc8ccccc87)c6C5)c4)cc23)CC1. The van der Waals surface area contributed by atoms with Crippen molar-refractivity contribution in [3.8, 4) is 11.1 Å². The normalized spacial score (nSPS) is 16.7. The van der Waals surface area contributed by atoms with Crippen LogP contribution in [0.1, 0.15) is 86.8 Å². The molecule has 1 unspecified atom stereocenters. The molecule has 0 radical (unpaired) electrons. The second kappa shape index (κ2) is 14.4. The lowest BCUT2D eigenvalue weighted by molar-refractivity contribution is 0.0920. The minimum atomic E-state index is -3.24. The maximum absolute atomic E-state index is 13.7. The lowest BCUT2D eigenvalue weighted by Crippen LogP contribution is -2.38. The van der Waals surface area contributed by atoms with E-state index in [1.807, 2.05) is 42.6 Å². The highest BCUT2D eigenvalue weighted by atomic mass is 32.2. The van der Waals surface area contributed by atoms with Gasteiger partial charge in [-0.25, -0.2) is 12.7 Å². The van der Waals surface area contributed by atoms with E-state index < -0.39 is 15.9 Å². The number of piperidine rings is 1. The van der Waals surface area contributed by atoms with Crippen molar-refractivity contribution in [3.63, 3.8) is 0 Å². The fraction of sp³-hybridized carbons (Fsp3) is 0.261. The number of fused-ring (bicyclic) bond motifs is 6. The highest BCUT2D eigenvalue weighted by molar-refractivity contribution is 7.89. The van der Waals surface area contributed by atoms with Crippen LogP contribution in [0.25, 0.3) is 43.6 Å². The maximum atomic E-state index is 13.7. The number of carbonyl (C=O) groups is 2. The Labute approximate surface area is 325 Å². The Kier molecular flexibility index (Phi) is 9.26. The van der Waals surface area contributed by atoms with Gasteiger partial charge in [0.05, 0.1) is 23.1 Å². The van der Waals surface area contributed by atoms with Crippen molar-refractivity contribution < 1.29 is 22.4 Å². The number of rotatable bonds is 9. The standard InChI is InChI=1S/C46H44N4O5S/c1-2-56(53,54)50-19-16-31(17-20-50)42-27-48-43-40(42)24-34(25-41(43)45(47)51)32-8-5-6-28(22-32)26-49-46(52)44-36(18-21-55-44)33-11-10-30-13-14-37-35-9-4-3-7-29(35)12-15-38(37)39(30)23-33/h3-9,12-15,18,21-22,24-25,27,31,33,48H,2,10-11,16-17,19-20,23,26H2,1H3,(H2,47,51)(H,49,52). The monoisotopic (exact) mass is 764 g/mol. The number of primary amides is 1. The number of nitrogens with two attached hydrogens (primary N) is 1. The number of furan rings is 1. The van der Waals surface area contributed by atoms with Gasteiger partial charge in [0.25, 0.3) is 11.8 Å². The van der Waals surface area contributed by atoms with Crippen LogP contribution in [0, 0.1) is 0 Å². The van der Waals surface area contributed by atoms with E-state index in [2.05, 4.69) is 64.9 Å². The number of amides is 2. The van der Waals surface area contributed by atoms with E-state index in [1.54, 1.807) is 17.5 Å². The molecule has 0 spiro atoms. The molecule has 2 aliphatic rings. The average Bonchev–Trinajstić information content (AvgIpc) is 3.90. The zero-order chi connectivity index (χ0) is 38.6. The van der Waals surface area contributed by atoms with E-state index in [-0.39, 0.29) is 30.0 Å². The van der Waals surface area contributed by atoms with Gasteiger partial charge in [0, 0.05) is 36.8 Å². The highest BCUT2D eigenvalue weighted by Crippen LogP contribution is 2.40. The van der Waals surface area contributed by atoms with Crippen molar-refractivity contribution in [3.05, 3.63) is 143 Å². The first-order valence-electron chi connectivity index (χ1n) is 19.5. The molecular formula is C46H44N4O5S. The maximum Gasteiger partial charge on any atom is 0.287 e. The fourth-order valence-electron chi connectivity index (χ4n) is 9.14. The molecule has 56 heavy (non-hydrogen) atoms. The quantitative estimate of drug-likeness (QED) is 0.127. The van der Waals surface area contributed by atoms with Gasteiger partial charge in [0.2, 0.25) is 10.0 Å². The summed E-state index contributed by atoms with van der Waals surface area (Å²) in [5.74, 6) is -0.0394. The number of nitrogens with one attached hydrogen (secondary N) is 2. The number of nitrogens with zero attached hydrogens (tertiary/aromatic N) is 1. The molecule has 4 N–H and O–H groups in total. The Morgan fingerprint density at radius 1 is 0.839 bits per heavy atom. The number of sulfonamides is 1. The summed E-state index contributed by atoms with van der Waals surface area (Å²) in [4.78, 5) is 29.7. The third-order valence-corrected chi connectivity index (χ3v) is 14.0. The summed E-state index contributed by atoms with van der Waals surface area (Å²) < 4.78 is 32.4. The lowest BCUT2D eigenvalue weighted by atomic mass is 9.78. The molecule has 0 saturated carbocycles. The van der Waals surface area contributed by atoms with Crippen molar-refractivity contribution in [2.24, 2.45) is 5.73 Å². The summed E-state index contributed by atoms with van der Waals surface area (Å²) in [5, 5.41) is 9.03. The first-order valence-corrected chi connectivity index (χ1v) is 21.1. The molecule has 2 amide bonds. The summed E-state index contributed by atoms with van der Waals surface area (Å²) in [6.45, 7) is 2.89. The molecule has 0 bridgehead atoms. The summed E-state index contributed by atoms with van der Waals surface area (Å²) in [5.41, 5.74) is 14.3.